The Morgan fingerprint density at radius 1 is 1.12 bits per heavy atom. The first-order valence-corrected chi connectivity index (χ1v) is 10.1. The van der Waals surface area contributed by atoms with Crippen LogP contribution in [0.5, 0.6) is 5.75 Å². The van der Waals surface area contributed by atoms with Crippen LogP contribution in [0.25, 0.3) is 0 Å². The highest BCUT2D eigenvalue weighted by molar-refractivity contribution is 9.10. The Balaban J connectivity index is 1.93. The Morgan fingerprint density at radius 3 is 2.23 bits per heavy atom. The quantitative estimate of drug-likeness (QED) is 0.717. The maximum Gasteiger partial charge on any atom is 0.258 e. The van der Waals surface area contributed by atoms with Gasteiger partial charge in [0.1, 0.15) is 5.75 Å². The number of halogens is 1. The number of carbonyl (C=O) groups is 1. The summed E-state index contributed by atoms with van der Waals surface area (Å²) >= 11 is 3.33. The molecule has 0 aromatic heterocycles. The van der Waals surface area contributed by atoms with Crippen molar-refractivity contribution in [3.63, 3.8) is 0 Å². The zero-order chi connectivity index (χ0) is 19.3. The van der Waals surface area contributed by atoms with Crippen LogP contribution in [0.3, 0.4) is 0 Å². The molecule has 140 valence electrons. The van der Waals surface area contributed by atoms with Gasteiger partial charge in [-0.25, -0.2) is 12.7 Å². The highest BCUT2D eigenvalue weighted by Crippen LogP contribution is 2.19. The average Bonchev–Trinajstić information content (AvgIpc) is 2.61. The van der Waals surface area contributed by atoms with E-state index in [-0.39, 0.29) is 23.5 Å². The van der Waals surface area contributed by atoms with E-state index in [2.05, 4.69) is 21.2 Å². The molecule has 2 aromatic carbocycles. The summed E-state index contributed by atoms with van der Waals surface area (Å²) in [5, 5.41) is 2.83. The average molecular weight is 441 g/mol. The first-order valence-electron chi connectivity index (χ1n) is 7.90. The van der Waals surface area contributed by atoms with E-state index < -0.39 is 10.0 Å². The van der Waals surface area contributed by atoms with Crippen LogP contribution in [0.2, 0.25) is 0 Å². The Morgan fingerprint density at radius 2 is 1.69 bits per heavy atom. The summed E-state index contributed by atoms with van der Waals surface area (Å²) in [5.41, 5.74) is 0.805. The van der Waals surface area contributed by atoms with E-state index in [0.717, 1.165) is 14.3 Å². The van der Waals surface area contributed by atoms with Gasteiger partial charge in [-0.1, -0.05) is 28.1 Å². The maximum absolute atomic E-state index is 12.1. The monoisotopic (exact) mass is 440 g/mol. The van der Waals surface area contributed by atoms with E-state index >= 15 is 0 Å². The second-order valence-corrected chi connectivity index (χ2v) is 8.96. The van der Waals surface area contributed by atoms with Crippen LogP contribution in [0.15, 0.2) is 57.9 Å². The standard InChI is InChI=1S/C18H21BrN2O4S/c1-13(14-4-10-17(11-5-14)26(23,24)21(2)3)20-18(22)12-25-16-8-6-15(19)7-9-16/h4-11,13H,12H2,1-3H3,(H,20,22). The van der Waals surface area contributed by atoms with Gasteiger partial charge in [-0.05, 0) is 48.9 Å². The highest BCUT2D eigenvalue weighted by Gasteiger charge is 2.17. The highest BCUT2D eigenvalue weighted by atomic mass is 79.9. The number of hydrogen-bond donors (Lipinski definition) is 1. The molecule has 0 fully saturated rings. The van der Waals surface area contributed by atoms with E-state index in [4.69, 9.17) is 4.74 Å². The minimum atomic E-state index is -3.46. The van der Waals surface area contributed by atoms with Gasteiger partial charge in [0, 0.05) is 18.6 Å². The van der Waals surface area contributed by atoms with Gasteiger partial charge in [0.25, 0.3) is 5.91 Å². The Bertz CT molecular complexity index is 850. The third-order valence-electron chi connectivity index (χ3n) is 3.72. The lowest BCUT2D eigenvalue weighted by molar-refractivity contribution is -0.123. The zero-order valence-corrected chi connectivity index (χ0v) is 17.2. The fraction of sp³-hybridized carbons (Fsp3) is 0.278. The SMILES string of the molecule is CC(NC(=O)COc1ccc(Br)cc1)c1ccc(S(=O)(=O)N(C)C)cc1. The predicted octanol–water partition coefficient (Wildman–Crippen LogP) is 2.96. The normalized spacial score (nSPS) is 12.7. The summed E-state index contributed by atoms with van der Waals surface area (Å²) in [4.78, 5) is 12.2. The summed E-state index contributed by atoms with van der Waals surface area (Å²) in [5.74, 6) is 0.347. The van der Waals surface area contributed by atoms with Gasteiger partial charge in [0.15, 0.2) is 6.61 Å². The molecule has 2 rings (SSSR count). The van der Waals surface area contributed by atoms with Crippen molar-refractivity contribution in [2.75, 3.05) is 20.7 Å². The molecule has 1 atom stereocenters. The second kappa shape index (κ2) is 8.66. The molecular weight excluding hydrogens is 420 g/mol. The van der Waals surface area contributed by atoms with Gasteiger partial charge in [-0.15, -0.1) is 0 Å². The van der Waals surface area contributed by atoms with Crippen molar-refractivity contribution >= 4 is 31.9 Å². The molecule has 26 heavy (non-hydrogen) atoms. The van der Waals surface area contributed by atoms with E-state index in [9.17, 15) is 13.2 Å². The van der Waals surface area contributed by atoms with Crippen molar-refractivity contribution in [1.82, 2.24) is 9.62 Å². The van der Waals surface area contributed by atoms with E-state index in [1.54, 1.807) is 24.3 Å². The summed E-state index contributed by atoms with van der Waals surface area (Å²) in [6, 6.07) is 13.4. The van der Waals surface area contributed by atoms with Crippen LogP contribution in [-0.2, 0) is 14.8 Å². The fourth-order valence-electron chi connectivity index (χ4n) is 2.19. The minimum absolute atomic E-state index is 0.0982. The lowest BCUT2D eigenvalue weighted by Gasteiger charge is -2.16. The van der Waals surface area contributed by atoms with Gasteiger partial charge in [0.05, 0.1) is 10.9 Å². The minimum Gasteiger partial charge on any atom is -0.484 e. The molecule has 6 nitrogen and oxygen atoms in total. The number of carbonyl (C=O) groups excluding carboxylic acids is 1. The molecule has 0 heterocycles. The first-order chi connectivity index (χ1) is 12.2. The van der Waals surface area contributed by atoms with Gasteiger partial charge in [-0.3, -0.25) is 4.79 Å². The molecule has 0 bridgehead atoms. The number of amides is 1. The molecule has 1 unspecified atom stereocenters. The van der Waals surface area contributed by atoms with Crippen molar-refractivity contribution < 1.29 is 17.9 Å². The molecule has 8 heteroatoms. The van der Waals surface area contributed by atoms with Crippen molar-refractivity contribution in [3.05, 3.63) is 58.6 Å². The van der Waals surface area contributed by atoms with E-state index in [1.165, 1.54) is 26.2 Å². The van der Waals surface area contributed by atoms with Crippen LogP contribution in [-0.4, -0.2) is 39.3 Å². The van der Waals surface area contributed by atoms with Crippen LogP contribution < -0.4 is 10.1 Å². The topological polar surface area (TPSA) is 75.7 Å². The van der Waals surface area contributed by atoms with Crippen molar-refractivity contribution in [2.45, 2.75) is 17.9 Å². The molecule has 0 aliphatic rings. The third-order valence-corrected chi connectivity index (χ3v) is 6.08. The summed E-state index contributed by atoms with van der Waals surface area (Å²) in [6.07, 6.45) is 0. The van der Waals surface area contributed by atoms with Crippen molar-refractivity contribution in [2.24, 2.45) is 0 Å². The third kappa shape index (κ3) is 5.30. The molecule has 0 saturated carbocycles. The van der Waals surface area contributed by atoms with Crippen LogP contribution in [0.4, 0.5) is 0 Å². The number of sulfonamides is 1. The maximum atomic E-state index is 12.1. The van der Waals surface area contributed by atoms with Crippen LogP contribution >= 0.6 is 15.9 Å². The summed E-state index contributed by atoms with van der Waals surface area (Å²) in [6.45, 7) is 1.73. The number of nitrogens with zero attached hydrogens (tertiary/aromatic N) is 1. The molecule has 1 amide bonds. The number of ether oxygens (including phenoxy) is 1. The number of rotatable bonds is 7. The molecule has 1 N–H and O–H groups in total. The van der Waals surface area contributed by atoms with Crippen molar-refractivity contribution in [1.29, 1.82) is 0 Å². The van der Waals surface area contributed by atoms with Crippen molar-refractivity contribution in [3.8, 4) is 5.75 Å². The molecule has 0 radical (unpaired) electrons. The lowest BCUT2D eigenvalue weighted by atomic mass is 10.1. The molecular formula is C18H21BrN2O4S. The second-order valence-electron chi connectivity index (χ2n) is 5.89. The molecule has 0 saturated heterocycles. The number of nitrogens with one attached hydrogen (secondary N) is 1. The zero-order valence-electron chi connectivity index (χ0n) is 14.8. The first kappa shape index (κ1) is 20.4. The van der Waals surface area contributed by atoms with Gasteiger partial charge < -0.3 is 10.1 Å². The number of benzene rings is 2. The molecule has 2 aromatic rings. The largest absolute Gasteiger partial charge is 0.484 e. The van der Waals surface area contributed by atoms with E-state index in [0.29, 0.717) is 5.75 Å². The Hall–Kier alpha value is -1.90. The van der Waals surface area contributed by atoms with Crippen LogP contribution in [0.1, 0.15) is 18.5 Å². The Kier molecular flexibility index (Phi) is 6.80. The predicted molar refractivity (Wildman–Crippen MR) is 104 cm³/mol. The fourth-order valence-corrected chi connectivity index (χ4v) is 3.35. The Labute approximate surface area is 162 Å². The summed E-state index contributed by atoms with van der Waals surface area (Å²) < 4.78 is 31.7. The van der Waals surface area contributed by atoms with Crippen LogP contribution in [0, 0.1) is 0 Å². The lowest BCUT2D eigenvalue weighted by Crippen LogP contribution is -2.31. The molecule has 0 aliphatic heterocycles. The smallest absolute Gasteiger partial charge is 0.258 e. The molecule has 0 spiro atoms. The van der Waals surface area contributed by atoms with Gasteiger partial charge in [-0.2, -0.15) is 0 Å². The molecule has 0 aliphatic carbocycles. The van der Waals surface area contributed by atoms with Gasteiger partial charge >= 0.3 is 0 Å². The van der Waals surface area contributed by atoms with E-state index in [1.807, 2.05) is 19.1 Å². The summed E-state index contributed by atoms with van der Waals surface area (Å²) in [7, 11) is -0.495. The van der Waals surface area contributed by atoms with Gasteiger partial charge in [0.2, 0.25) is 10.0 Å². The number of hydrogen-bond acceptors (Lipinski definition) is 4.